The van der Waals surface area contributed by atoms with E-state index in [2.05, 4.69) is 6.92 Å². The molecule has 1 rings (SSSR count). The van der Waals surface area contributed by atoms with Crippen molar-refractivity contribution in [2.24, 2.45) is 0 Å². The largest absolute Gasteiger partial charge is 0.377 e. The van der Waals surface area contributed by atoms with Crippen LogP contribution in [0.1, 0.15) is 18.9 Å². The number of rotatable bonds is 4. The van der Waals surface area contributed by atoms with Crippen LogP contribution in [0.2, 0.25) is 10.0 Å². The molecule has 0 N–H and O–H groups in total. The molecular formula is C10H12Cl2O. The molecule has 0 amide bonds. The summed E-state index contributed by atoms with van der Waals surface area (Å²) in [5, 5.41) is 1.40. The second-order valence-electron chi connectivity index (χ2n) is 2.79. The molecule has 0 saturated heterocycles. The summed E-state index contributed by atoms with van der Waals surface area (Å²) in [6.45, 7) is 3.36. The predicted octanol–water partition coefficient (Wildman–Crippen LogP) is 3.92. The van der Waals surface area contributed by atoms with Crippen LogP contribution in [-0.4, -0.2) is 6.61 Å². The highest BCUT2D eigenvalue weighted by Crippen LogP contribution is 2.21. The van der Waals surface area contributed by atoms with Gasteiger partial charge >= 0.3 is 0 Å². The van der Waals surface area contributed by atoms with Crippen LogP contribution in [0.3, 0.4) is 0 Å². The highest BCUT2D eigenvalue weighted by molar-refractivity contribution is 6.33. The summed E-state index contributed by atoms with van der Waals surface area (Å²) in [5.74, 6) is 0. The monoisotopic (exact) mass is 218 g/mol. The van der Waals surface area contributed by atoms with Crippen molar-refractivity contribution >= 4 is 23.2 Å². The molecule has 1 aromatic rings. The van der Waals surface area contributed by atoms with Gasteiger partial charge in [-0.3, -0.25) is 0 Å². The summed E-state index contributed by atoms with van der Waals surface area (Å²) in [6.07, 6.45) is 1.01. The van der Waals surface area contributed by atoms with Gasteiger partial charge in [-0.2, -0.15) is 0 Å². The minimum Gasteiger partial charge on any atom is -0.377 e. The SMILES string of the molecule is CCCOCc1cc(Cl)ccc1Cl. The molecule has 0 unspecified atom stereocenters. The number of benzene rings is 1. The molecule has 3 heteroatoms. The Morgan fingerprint density at radius 2 is 2.08 bits per heavy atom. The van der Waals surface area contributed by atoms with Crippen molar-refractivity contribution in [2.45, 2.75) is 20.0 Å². The molecule has 0 aliphatic heterocycles. The van der Waals surface area contributed by atoms with E-state index < -0.39 is 0 Å². The molecule has 13 heavy (non-hydrogen) atoms. The molecule has 0 radical (unpaired) electrons. The molecule has 0 fully saturated rings. The minimum atomic E-state index is 0.535. The molecular weight excluding hydrogens is 207 g/mol. The maximum Gasteiger partial charge on any atom is 0.0731 e. The van der Waals surface area contributed by atoms with Gasteiger partial charge in [-0.25, -0.2) is 0 Å². The highest BCUT2D eigenvalue weighted by Gasteiger charge is 2.00. The van der Waals surface area contributed by atoms with Crippen molar-refractivity contribution in [1.82, 2.24) is 0 Å². The van der Waals surface area contributed by atoms with Gasteiger partial charge in [0.1, 0.15) is 0 Å². The molecule has 0 bridgehead atoms. The highest BCUT2D eigenvalue weighted by atomic mass is 35.5. The second kappa shape index (κ2) is 5.48. The summed E-state index contributed by atoms with van der Waals surface area (Å²) in [5.41, 5.74) is 0.947. The molecule has 0 spiro atoms. The Bertz CT molecular complexity index is 274. The maximum atomic E-state index is 5.94. The summed E-state index contributed by atoms with van der Waals surface area (Å²) in [6, 6.07) is 5.39. The van der Waals surface area contributed by atoms with Crippen LogP contribution >= 0.6 is 23.2 Å². The van der Waals surface area contributed by atoms with Crippen LogP contribution in [0.25, 0.3) is 0 Å². The lowest BCUT2D eigenvalue weighted by atomic mass is 10.2. The van der Waals surface area contributed by atoms with Crippen LogP contribution in [0, 0.1) is 0 Å². The van der Waals surface area contributed by atoms with Gasteiger partial charge in [0.25, 0.3) is 0 Å². The third-order valence-electron chi connectivity index (χ3n) is 1.61. The lowest BCUT2D eigenvalue weighted by Crippen LogP contribution is -1.94. The number of hydrogen-bond donors (Lipinski definition) is 0. The van der Waals surface area contributed by atoms with Gasteiger partial charge in [0.15, 0.2) is 0 Å². The van der Waals surface area contributed by atoms with Crippen molar-refractivity contribution in [3.05, 3.63) is 33.8 Å². The third kappa shape index (κ3) is 3.55. The summed E-state index contributed by atoms with van der Waals surface area (Å²) >= 11 is 11.8. The average Bonchev–Trinajstić information content (AvgIpc) is 2.11. The van der Waals surface area contributed by atoms with E-state index in [0.29, 0.717) is 16.7 Å². The minimum absolute atomic E-state index is 0.535. The quantitative estimate of drug-likeness (QED) is 0.697. The van der Waals surface area contributed by atoms with E-state index in [9.17, 15) is 0 Å². The zero-order valence-corrected chi connectivity index (χ0v) is 9.03. The number of hydrogen-bond acceptors (Lipinski definition) is 1. The topological polar surface area (TPSA) is 9.23 Å². The number of ether oxygens (including phenoxy) is 1. The van der Waals surface area contributed by atoms with E-state index in [1.165, 1.54) is 0 Å². The van der Waals surface area contributed by atoms with Crippen molar-refractivity contribution in [1.29, 1.82) is 0 Å². The van der Waals surface area contributed by atoms with E-state index >= 15 is 0 Å². The Balaban J connectivity index is 2.59. The first-order valence-electron chi connectivity index (χ1n) is 4.25. The van der Waals surface area contributed by atoms with Crippen LogP contribution in [0.15, 0.2) is 18.2 Å². The van der Waals surface area contributed by atoms with Crippen molar-refractivity contribution in [3.8, 4) is 0 Å². The Kier molecular flexibility index (Phi) is 4.57. The van der Waals surface area contributed by atoms with Gasteiger partial charge in [0.2, 0.25) is 0 Å². The molecule has 0 saturated carbocycles. The molecule has 1 nitrogen and oxygen atoms in total. The van der Waals surface area contributed by atoms with Crippen LogP contribution in [-0.2, 0) is 11.3 Å². The van der Waals surface area contributed by atoms with Crippen LogP contribution < -0.4 is 0 Å². The lowest BCUT2D eigenvalue weighted by molar-refractivity contribution is 0.121. The van der Waals surface area contributed by atoms with Gasteiger partial charge < -0.3 is 4.74 Å². The maximum absolute atomic E-state index is 5.94. The Labute approximate surface area is 88.6 Å². The molecule has 0 heterocycles. The fourth-order valence-electron chi connectivity index (χ4n) is 0.980. The third-order valence-corrected chi connectivity index (χ3v) is 2.22. The first kappa shape index (κ1) is 10.8. The van der Waals surface area contributed by atoms with Gasteiger partial charge in [-0.05, 0) is 30.2 Å². The van der Waals surface area contributed by atoms with Crippen molar-refractivity contribution in [2.75, 3.05) is 6.61 Å². The van der Waals surface area contributed by atoms with E-state index in [1.807, 2.05) is 6.07 Å². The van der Waals surface area contributed by atoms with E-state index in [1.54, 1.807) is 12.1 Å². The fraction of sp³-hybridized carbons (Fsp3) is 0.400. The molecule has 0 aliphatic rings. The van der Waals surface area contributed by atoms with Gasteiger partial charge in [-0.15, -0.1) is 0 Å². The molecule has 0 aliphatic carbocycles. The van der Waals surface area contributed by atoms with Gasteiger partial charge in [0.05, 0.1) is 6.61 Å². The van der Waals surface area contributed by atoms with E-state index in [-0.39, 0.29) is 0 Å². The molecule has 1 aromatic carbocycles. The zero-order valence-electron chi connectivity index (χ0n) is 7.52. The van der Waals surface area contributed by atoms with E-state index in [4.69, 9.17) is 27.9 Å². The normalized spacial score (nSPS) is 10.4. The van der Waals surface area contributed by atoms with Crippen molar-refractivity contribution in [3.63, 3.8) is 0 Å². The summed E-state index contributed by atoms with van der Waals surface area (Å²) < 4.78 is 5.36. The standard InChI is InChI=1S/C10H12Cl2O/c1-2-5-13-7-8-6-9(11)3-4-10(8)12/h3-4,6H,2,5,7H2,1H3. The van der Waals surface area contributed by atoms with Gasteiger partial charge in [0, 0.05) is 16.7 Å². The number of halogens is 2. The van der Waals surface area contributed by atoms with Crippen LogP contribution in [0.5, 0.6) is 0 Å². The average molecular weight is 219 g/mol. The first-order valence-corrected chi connectivity index (χ1v) is 5.01. The van der Waals surface area contributed by atoms with Crippen LogP contribution in [0.4, 0.5) is 0 Å². The smallest absolute Gasteiger partial charge is 0.0731 e. The predicted molar refractivity (Wildman–Crippen MR) is 56.4 cm³/mol. The summed E-state index contributed by atoms with van der Waals surface area (Å²) in [7, 11) is 0. The first-order chi connectivity index (χ1) is 6.24. The Hall–Kier alpha value is -0.240. The zero-order chi connectivity index (χ0) is 9.68. The lowest BCUT2D eigenvalue weighted by Gasteiger charge is -2.05. The molecule has 0 atom stereocenters. The summed E-state index contributed by atoms with van der Waals surface area (Å²) in [4.78, 5) is 0. The Morgan fingerprint density at radius 3 is 2.77 bits per heavy atom. The fourth-order valence-corrected chi connectivity index (χ4v) is 1.35. The molecule has 0 aromatic heterocycles. The Morgan fingerprint density at radius 1 is 1.31 bits per heavy atom. The van der Waals surface area contributed by atoms with Crippen molar-refractivity contribution < 1.29 is 4.74 Å². The molecule has 72 valence electrons. The second-order valence-corrected chi connectivity index (χ2v) is 3.63. The van der Waals surface area contributed by atoms with Gasteiger partial charge in [-0.1, -0.05) is 30.1 Å². The van der Waals surface area contributed by atoms with E-state index in [0.717, 1.165) is 18.6 Å².